The number of hydrogen-bond donors (Lipinski definition) is 1. The van der Waals surface area contributed by atoms with Gasteiger partial charge in [0.1, 0.15) is 18.2 Å². The lowest BCUT2D eigenvalue weighted by molar-refractivity contribution is -0.116. The molecule has 25 heavy (non-hydrogen) atoms. The SMILES string of the molecule is Cn1ncc2c1NC(=O)C[C@@H]2c1cccc(OCc2ccccc2)c1. The number of carbonyl (C=O) groups excluding carboxylic acids is 1. The molecule has 0 unspecified atom stereocenters. The molecule has 0 aliphatic carbocycles. The second kappa shape index (κ2) is 6.43. The molecule has 1 aliphatic rings. The number of hydrogen-bond acceptors (Lipinski definition) is 3. The van der Waals surface area contributed by atoms with E-state index in [1.54, 1.807) is 4.68 Å². The zero-order valence-electron chi connectivity index (χ0n) is 14.0. The van der Waals surface area contributed by atoms with E-state index in [0.29, 0.717) is 13.0 Å². The van der Waals surface area contributed by atoms with Gasteiger partial charge < -0.3 is 10.1 Å². The minimum Gasteiger partial charge on any atom is -0.489 e. The van der Waals surface area contributed by atoms with Crippen molar-refractivity contribution in [2.45, 2.75) is 18.9 Å². The van der Waals surface area contributed by atoms with E-state index in [4.69, 9.17) is 4.74 Å². The van der Waals surface area contributed by atoms with Gasteiger partial charge in [0.2, 0.25) is 5.91 Å². The van der Waals surface area contributed by atoms with Crippen LogP contribution in [0.3, 0.4) is 0 Å². The van der Waals surface area contributed by atoms with Crippen molar-refractivity contribution in [1.29, 1.82) is 0 Å². The van der Waals surface area contributed by atoms with Gasteiger partial charge in [0.05, 0.1) is 6.20 Å². The van der Waals surface area contributed by atoms with E-state index in [1.165, 1.54) is 0 Å². The largest absolute Gasteiger partial charge is 0.489 e. The molecule has 1 atom stereocenters. The number of fused-ring (bicyclic) bond motifs is 1. The van der Waals surface area contributed by atoms with Gasteiger partial charge in [-0.25, -0.2) is 0 Å². The summed E-state index contributed by atoms with van der Waals surface area (Å²) < 4.78 is 7.63. The minimum absolute atomic E-state index is 0.00211. The maximum atomic E-state index is 12.1. The van der Waals surface area contributed by atoms with Crippen molar-refractivity contribution in [2.75, 3.05) is 5.32 Å². The smallest absolute Gasteiger partial charge is 0.226 e. The Labute approximate surface area is 146 Å². The number of ether oxygens (including phenoxy) is 1. The van der Waals surface area contributed by atoms with E-state index in [-0.39, 0.29) is 11.8 Å². The van der Waals surface area contributed by atoms with Crippen LogP contribution < -0.4 is 10.1 Å². The van der Waals surface area contributed by atoms with Gasteiger partial charge in [0.15, 0.2) is 0 Å². The van der Waals surface area contributed by atoms with Gasteiger partial charge in [-0.15, -0.1) is 0 Å². The molecule has 4 rings (SSSR count). The summed E-state index contributed by atoms with van der Waals surface area (Å²) in [7, 11) is 1.83. The Morgan fingerprint density at radius 1 is 1.20 bits per heavy atom. The monoisotopic (exact) mass is 333 g/mol. The fourth-order valence-electron chi connectivity index (χ4n) is 3.20. The van der Waals surface area contributed by atoms with Gasteiger partial charge >= 0.3 is 0 Å². The molecule has 0 bridgehead atoms. The number of nitrogens with one attached hydrogen (secondary N) is 1. The molecule has 1 aromatic heterocycles. The molecule has 0 radical (unpaired) electrons. The van der Waals surface area contributed by atoms with Crippen LogP contribution in [0.4, 0.5) is 5.82 Å². The van der Waals surface area contributed by atoms with Crippen molar-refractivity contribution in [3.8, 4) is 5.75 Å². The number of rotatable bonds is 4. The Kier molecular flexibility index (Phi) is 3.98. The van der Waals surface area contributed by atoms with E-state index >= 15 is 0 Å². The first-order valence-corrected chi connectivity index (χ1v) is 8.29. The highest BCUT2D eigenvalue weighted by atomic mass is 16.5. The van der Waals surface area contributed by atoms with Crippen molar-refractivity contribution in [3.63, 3.8) is 0 Å². The molecule has 2 aromatic carbocycles. The summed E-state index contributed by atoms with van der Waals surface area (Å²) in [6.07, 6.45) is 2.25. The van der Waals surface area contributed by atoms with Crippen LogP contribution in [-0.4, -0.2) is 15.7 Å². The van der Waals surface area contributed by atoms with E-state index in [1.807, 2.05) is 67.8 Å². The minimum atomic E-state index is -0.00211. The van der Waals surface area contributed by atoms with Crippen LogP contribution in [0.5, 0.6) is 5.75 Å². The molecule has 2 heterocycles. The molecule has 0 saturated heterocycles. The number of anilines is 1. The summed E-state index contributed by atoms with van der Waals surface area (Å²) in [6.45, 7) is 0.521. The molecule has 3 aromatic rings. The summed E-state index contributed by atoms with van der Waals surface area (Å²) >= 11 is 0. The fourth-order valence-corrected chi connectivity index (χ4v) is 3.20. The lowest BCUT2D eigenvalue weighted by Gasteiger charge is -2.23. The Hall–Kier alpha value is -3.08. The van der Waals surface area contributed by atoms with Crippen LogP contribution in [0, 0.1) is 0 Å². The summed E-state index contributed by atoms with van der Waals surface area (Å²) in [6, 6.07) is 18.0. The van der Waals surface area contributed by atoms with Crippen LogP contribution in [0.2, 0.25) is 0 Å². The maximum absolute atomic E-state index is 12.1. The third-order valence-corrected chi connectivity index (χ3v) is 4.50. The quantitative estimate of drug-likeness (QED) is 0.795. The van der Waals surface area contributed by atoms with Gasteiger partial charge in [-0.2, -0.15) is 5.10 Å². The van der Waals surface area contributed by atoms with Crippen molar-refractivity contribution >= 4 is 11.7 Å². The maximum Gasteiger partial charge on any atom is 0.226 e. The molecule has 5 heteroatoms. The van der Waals surface area contributed by atoms with Crippen molar-refractivity contribution < 1.29 is 9.53 Å². The van der Waals surface area contributed by atoms with Gasteiger partial charge in [0, 0.05) is 24.9 Å². The zero-order valence-corrected chi connectivity index (χ0v) is 14.0. The van der Waals surface area contributed by atoms with Gasteiger partial charge in [-0.05, 0) is 23.3 Å². The van der Waals surface area contributed by atoms with Gasteiger partial charge in [-0.1, -0.05) is 42.5 Å². The summed E-state index contributed by atoms with van der Waals surface area (Å²) in [5.41, 5.74) is 3.23. The topological polar surface area (TPSA) is 56.2 Å². The first-order chi connectivity index (χ1) is 12.2. The Bertz CT molecular complexity index is 902. The molecule has 1 N–H and O–H groups in total. The van der Waals surface area contributed by atoms with Crippen LogP contribution in [0.25, 0.3) is 0 Å². The highest BCUT2D eigenvalue weighted by Gasteiger charge is 2.29. The van der Waals surface area contributed by atoms with Crippen LogP contribution >= 0.6 is 0 Å². The van der Waals surface area contributed by atoms with E-state index < -0.39 is 0 Å². The highest BCUT2D eigenvalue weighted by molar-refractivity contribution is 5.94. The van der Waals surface area contributed by atoms with Crippen molar-refractivity contribution in [2.24, 2.45) is 7.05 Å². The first kappa shape index (κ1) is 15.4. The number of aromatic nitrogens is 2. The summed E-state index contributed by atoms with van der Waals surface area (Å²) in [4.78, 5) is 12.1. The highest BCUT2D eigenvalue weighted by Crippen LogP contribution is 2.37. The summed E-state index contributed by atoms with van der Waals surface area (Å²) in [5.74, 6) is 1.59. The number of aryl methyl sites for hydroxylation is 1. The van der Waals surface area contributed by atoms with Crippen LogP contribution in [0.15, 0.2) is 60.8 Å². The fraction of sp³-hybridized carbons (Fsp3) is 0.200. The normalized spacial score (nSPS) is 16.2. The number of nitrogens with zero attached hydrogens (tertiary/aromatic N) is 2. The second-order valence-corrected chi connectivity index (χ2v) is 6.22. The van der Waals surface area contributed by atoms with Crippen LogP contribution in [-0.2, 0) is 18.4 Å². The lowest BCUT2D eigenvalue weighted by atomic mass is 9.87. The second-order valence-electron chi connectivity index (χ2n) is 6.22. The van der Waals surface area contributed by atoms with E-state index in [2.05, 4.69) is 10.4 Å². The third kappa shape index (κ3) is 3.13. The average molecular weight is 333 g/mol. The van der Waals surface area contributed by atoms with Gasteiger partial charge in [-0.3, -0.25) is 9.48 Å². The Balaban J connectivity index is 1.58. The number of benzene rings is 2. The van der Waals surface area contributed by atoms with Crippen molar-refractivity contribution in [3.05, 3.63) is 77.5 Å². The molecule has 126 valence electrons. The molecular formula is C20H19N3O2. The molecule has 1 amide bonds. The standard InChI is InChI=1S/C20H19N3O2/c1-23-20-18(12-21-23)17(11-19(24)22-20)15-8-5-9-16(10-15)25-13-14-6-3-2-4-7-14/h2-10,12,17H,11,13H2,1H3,(H,22,24)/t17-/m1/s1. The predicted molar refractivity (Wildman–Crippen MR) is 95.5 cm³/mol. The number of carbonyl (C=O) groups is 1. The van der Waals surface area contributed by atoms with Gasteiger partial charge in [0.25, 0.3) is 0 Å². The Morgan fingerprint density at radius 3 is 2.88 bits per heavy atom. The third-order valence-electron chi connectivity index (χ3n) is 4.50. The number of amides is 1. The molecule has 1 aliphatic heterocycles. The molecular weight excluding hydrogens is 314 g/mol. The molecule has 0 spiro atoms. The summed E-state index contributed by atoms with van der Waals surface area (Å²) in [5, 5.41) is 7.18. The zero-order chi connectivity index (χ0) is 17.2. The van der Waals surface area contributed by atoms with Crippen molar-refractivity contribution in [1.82, 2.24) is 9.78 Å². The molecule has 0 fully saturated rings. The molecule has 0 saturated carbocycles. The lowest BCUT2D eigenvalue weighted by Crippen LogP contribution is -2.24. The first-order valence-electron chi connectivity index (χ1n) is 8.29. The van der Waals surface area contributed by atoms with E-state index in [9.17, 15) is 4.79 Å². The van der Waals surface area contributed by atoms with Crippen LogP contribution in [0.1, 0.15) is 29.0 Å². The molecule has 5 nitrogen and oxygen atoms in total. The van der Waals surface area contributed by atoms with E-state index in [0.717, 1.165) is 28.3 Å². The predicted octanol–water partition coefficient (Wildman–Crippen LogP) is 3.47. The average Bonchev–Trinajstić information content (AvgIpc) is 3.01. The Morgan fingerprint density at radius 2 is 2.04 bits per heavy atom.